The van der Waals surface area contributed by atoms with Crippen molar-refractivity contribution < 1.29 is 9.59 Å². The molecule has 0 radical (unpaired) electrons. The summed E-state index contributed by atoms with van der Waals surface area (Å²) in [4.78, 5) is 23.5. The highest BCUT2D eigenvalue weighted by Crippen LogP contribution is 2.30. The van der Waals surface area contributed by atoms with Gasteiger partial charge in [-0.2, -0.15) is 0 Å². The monoisotopic (exact) mass is 257 g/mol. The van der Waals surface area contributed by atoms with Crippen LogP contribution in [0.5, 0.6) is 0 Å². The first-order valence-corrected chi connectivity index (χ1v) is 7.14. The molecule has 19 heavy (non-hydrogen) atoms. The van der Waals surface area contributed by atoms with E-state index in [0.717, 1.165) is 25.7 Å². The summed E-state index contributed by atoms with van der Waals surface area (Å²) in [5.74, 6) is 0.193. The summed E-state index contributed by atoms with van der Waals surface area (Å²) in [6.45, 7) is 0. The molecule has 2 aliphatic rings. The molecular weight excluding hydrogens is 238 g/mol. The van der Waals surface area contributed by atoms with Crippen LogP contribution in [-0.4, -0.2) is 11.7 Å². The minimum atomic E-state index is -0.0958. The van der Waals surface area contributed by atoms with Crippen LogP contribution in [0.1, 0.15) is 49.3 Å². The molecule has 100 valence electrons. The van der Waals surface area contributed by atoms with Gasteiger partial charge >= 0.3 is 0 Å². The van der Waals surface area contributed by atoms with Crippen LogP contribution < -0.4 is 5.32 Å². The first kappa shape index (κ1) is 12.4. The van der Waals surface area contributed by atoms with Crippen LogP contribution in [0.2, 0.25) is 0 Å². The molecule has 0 saturated heterocycles. The van der Waals surface area contributed by atoms with Crippen molar-refractivity contribution in [2.75, 3.05) is 0 Å². The van der Waals surface area contributed by atoms with Gasteiger partial charge in [0.25, 0.3) is 0 Å². The van der Waals surface area contributed by atoms with E-state index in [-0.39, 0.29) is 23.7 Å². The van der Waals surface area contributed by atoms with Crippen molar-refractivity contribution in [2.24, 2.45) is 5.92 Å². The number of hydrogen-bond donors (Lipinski definition) is 1. The normalized spacial score (nSPS) is 26.0. The molecule has 1 amide bonds. The van der Waals surface area contributed by atoms with Crippen molar-refractivity contribution in [3.8, 4) is 0 Å². The van der Waals surface area contributed by atoms with Crippen molar-refractivity contribution in [2.45, 2.75) is 44.6 Å². The third kappa shape index (κ3) is 2.55. The topological polar surface area (TPSA) is 46.2 Å². The van der Waals surface area contributed by atoms with Crippen molar-refractivity contribution in [1.82, 2.24) is 5.32 Å². The smallest absolute Gasteiger partial charge is 0.224 e. The fourth-order valence-electron chi connectivity index (χ4n) is 3.23. The number of benzene rings is 1. The number of Topliss-reactive ketones (excluding diaryl/α,β-unsaturated/α-hetero) is 1. The molecule has 1 saturated carbocycles. The molecule has 0 bridgehead atoms. The standard InChI is InChI=1S/C16H19NO2/c18-13-9-8-12(10-13)16(19)17-15-7-3-5-11-4-1-2-6-14(11)15/h1-2,4,6,12,15H,3,5,7-10H2,(H,17,19)/t12?,15-/m1/s1. The van der Waals surface area contributed by atoms with E-state index < -0.39 is 0 Å². The highest BCUT2D eigenvalue weighted by Gasteiger charge is 2.30. The van der Waals surface area contributed by atoms with Gasteiger partial charge in [-0.25, -0.2) is 0 Å². The zero-order valence-corrected chi connectivity index (χ0v) is 11.0. The van der Waals surface area contributed by atoms with Crippen LogP contribution in [0.25, 0.3) is 0 Å². The summed E-state index contributed by atoms with van der Waals surface area (Å²) in [5.41, 5.74) is 2.60. The number of ketones is 1. The minimum absolute atomic E-state index is 0.0625. The first-order valence-electron chi connectivity index (χ1n) is 7.14. The van der Waals surface area contributed by atoms with Crippen molar-refractivity contribution >= 4 is 11.7 Å². The lowest BCUT2D eigenvalue weighted by molar-refractivity contribution is -0.127. The van der Waals surface area contributed by atoms with E-state index in [2.05, 4.69) is 23.5 Å². The number of aryl methyl sites for hydroxylation is 1. The molecule has 3 heteroatoms. The molecular formula is C16H19NO2. The summed E-state index contributed by atoms with van der Waals surface area (Å²) in [6, 6.07) is 8.47. The molecule has 0 aliphatic heterocycles. The molecule has 1 fully saturated rings. The molecule has 1 aromatic carbocycles. The second kappa shape index (κ2) is 5.16. The Morgan fingerprint density at radius 1 is 1.16 bits per heavy atom. The number of rotatable bonds is 2. The Hall–Kier alpha value is -1.64. The van der Waals surface area contributed by atoms with E-state index in [1.54, 1.807) is 0 Å². The van der Waals surface area contributed by atoms with Gasteiger partial charge in [-0.05, 0) is 36.8 Å². The Kier molecular flexibility index (Phi) is 3.36. The molecule has 1 unspecified atom stereocenters. The van der Waals surface area contributed by atoms with Gasteiger partial charge in [-0.1, -0.05) is 24.3 Å². The maximum atomic E-state index is 12.2. The summed E-state index contributed by atoms with van der Waals surface area (Å²) in [6.07, 6.45) is 4.94. The van der Waals surface area contributed by atoms with E-state index in [4.69, 9.17) is 0 Å². The maximum Gasteiger partial charge on any atom is 0.224 e. The Balaban J connectivity index is 1.71. The third-order valence-corrected chi connectivity index (χ3v) is 4.30. The molecule has 1 aromatic rings. The summed E-state index contributed by atoms with van der Waals surface area (Å²) >= 11 is 0. The number of nitrogens with one attached hydrogen (secondary N) is 1. The quantitative estimate of drug-likeness (QED) is 0.885. The van der Waals surface area contributed by atoms with Crippen molar-refractivity contribution in [1.29, 1.82) is 0 Å². The highest BCUT2D eigenvalue weighted by atomic mass is 16.2. The minimum Gasteiger partial charge on any atom is -0.349 e. The molecule has 3 nitrogen and oxygen atoms in total. The number of carbonyl (C=O) groups is 2. The fraction of sp³-hybridized carbons (Fsp3) is 0.500. The van der Waals surface area contributed by atoms with Gasteiger partial charge in [0, 0.05) is 18.8 Å². The van der Waals surface area contributed by atoms with Crippen LogP contribution in [0, 0.1) is 5.92 Å². The van der Waals surface area contributed by atoms with Crippen LogP contribution >= 0.6 is 0 Å². The van der Waals surface area contributed by atoms with Crippen LogP contribution in [0.4, 0.5) is 0 Å². The van der Waals surface area contributed by atoms with E-state index in [1.807, 2.05) is 6.07 Å². The van der Waals surface area contributed by atoms with Crippen LogP contribution in [0.15, 0.2) is 24.3 Å². The highest BCUT2D eigenvalue weighted by molar-refractivity contribution is 5.90. The van der Waals surface area contributed by atoms with Gasteiger partial charge in [0.1, 0.15) is 5.78 Å². The lowest BCUT2D eigenvalue weighted by Gasteiger charge is -2.27. The first-order chi connectivity index (χ1) is 9.24. The summed E-state index contributed by atoms with van der Waals surface area (Å²) in [7, 11) is 0. The van der Waals surface area contributed by atoms with E-state index >= 15 is 0 Å². The molecule has 2 aliphatic carbocycles. The Bertz CT molecular complexity index is 509. The SMILES string of the molecule is O=C1CCC(C(=O)N[C@@H]2CCCc3ccccc32)C1. The predicted molar refractivity (Wildman–Crippen MR) is 72.6 cm³/mol. The largest absolute Gasteiger partial charge is 0.349 e. The average Bonchev–Trinajstić information content (AvgIpc) is 2.86. The molecule has 3 rings (SSSR count). The zero-order chi connectivity index (χ0) is 13.2. The van der Waals surface area contributed by atoms with E-state index in [0.29, 0.717) is 12.8 Å². The molecule has 0 spiro atoms. The molecule has 0 heterocycles. The van der Waals surface area contributed by atoms with Gasteiger partial charge in [-0.15, -0.1) is 0 Å². The van der Waals surface area contributed by atoms with Crippen LogP contribution in [-0.2, 0) is 16.0 Å². The number of carbonyl (C=O) groups excluding carboxylic acids is 2. The summed E-state index contributed by atoms with van der Waals surface area (Å²) in [5, 5.41) is 3.15. The molecule has 1 N–H and O–H groups in total. The Labute approximate surface area is 113 Å². The second-order valence-electron chi connectivity index (χ2n) is 5.63. The maximum absolute atomic E-state index is 12.2. The van der Waals surface area contributed by atoms with Gasteiger partial charge in [0.15, 0.2) is 0 Å². The molecule has 2 atom stereocenters. The zero-order valence-electron chi connectivity index (χ0n) is 11.0. The Morgan fingerprint density at radius 2 is 2.00 bits per heavy atom. The lowest BCUT2D eigenvalue weighted by atomic mass is 9.87. The van der Waals surface area contributed by atoms with E-state index in [9.17, 15) is 9.59 Å². The lowest BCUT2D eigenvalue weighted by Crippen LogP contribution is -2.34. The third-order valence-electron chi connectivity index (χ3n) is 4.30. The average molecular weight is 257 g/mol. The van der Waals surface area contributed by atoms with Crippen molar-refractivity contribution in [3.63, 3.8) is 0 Å². The number of hydrogen-bond acceptors (Lipinski definition) is 2. The number of amides is 1. The van der Waals surface area contributed by atoms with Gasteiger partial charge < -0.3 is 5.32 Å². The van der Waals surface area contributed by atoms with Gasteiger partial charge in [-0.3, -0.25) is 9.59 Å². The van der Waals surface area contributed by atoms with Crippen LogP contribution in [0.3, 0.4) is 0 Å². The van der Waals surface area contributed by atoms with Gasteiger partial charge in [0.05, 0.1) is 6.04 Å². The second-order valence-corrected chi connectivity index (χ2v) is 5.63. The van der Waals surface area contributed by atoms with Gasteiger partial charge in [0.2, 0.25) is 5.91 Å². The Morgan fingerprint density at radius 3 is 2.79 bits per heavy atom. The predicted octanol–water partition coefficient (Wildman–Crippen LogP) is 2.55. The van der Waals surface area contributed by atoms with Crippen molar-refractivity contribution in [3.05, 3.63) is 35.4 Å². The summed E-state index contributed by atoms with van der Waals surface area (Å²) < 4.78 is 0. The van der Waals surface area contributed by atoms with E-state index in [1.165, 1.54) is 11.1 Å². The molecule has 0 aromatic heterocycles. The number of fused-ring (bicyclic) bond motifs is 1. The fourth-order valence-corrected chi connectivity index (χ4v) is 3.23.